The van der Waals surface area contributed by atoms with E-state index in [0.717, 1.165) is 16.7 Å². The van der Waals surface area contributed by atoms with Gasteiger partial charge in [0.15, 0.2) is 0 Å². The van der Waals surface area contributed by atoms with Crippen LogP contribution in [0.25, 0.3) is 0 Å². The standard InChI is InChI=1S/C23H20N2O5/c26-24(27)20-10-4-8-17(12-20)22-14-19(16-6-2-1-3-7-16)15-23(30-22)18-9-5-11-21(13-18)25(28)29/h1-13,19,22-23H,14-15H2/t19?,22-,23+. The summed E-state index contributed by atoms with van der Waals surface area (Å²) in [6.07, 6.45) is 0.647. The van der Waals surface area contributed by atoms with Crippen LogP contribution in [0.2, 0.25) is 0 Å². The molecule has 0 aliphatic carbocycles. The first-order valence-electron chi connectivity index (χ1n) is 9.70. The molecule has 1 aliphatic heterocycles. The normalized spacial score (nSPS) is 21.1. The van der Waals surface area contributed by atoms with E-state index in [1.165, 1.54) is 12.1 Å². The van der Waals surface area contributed by atoms with Gasteiger partial charge in [0.25, 0.3) is 11.4 Å². The molecule has 4 rings (SSSR count). The van der Waals surface area contributed by atoms with Gasteiger partial charge in [-0.2, -0.15) is 0 Å². The monoisotopic (exact) mass is 404 g/mol. The smallest absolute Gasteiger partial charge is 0.269 e. The SMILES string of the molecule is O=[N+]([O-])c1cccc([C@@H]2CC(c3ccccc3)C[C@H](c3cccc([N+](=O)[O-])c3)O2)c1. The van der Waals surface area contributed by atoms with Crippen LogP contribution < -0.4 is 0 Å². The molecule has 0 N–H and O–H groups in total. The van der Waals surface area contributed by atoms with E-state index in [2.05, 4.69) is 12.1 Å². The molecule has 3 atom stereocenters. The molecular formula is C23H20N2O5. The average Bonchev–Trinajstić information content (AvgIpc) is 2.79. The molecule has 0 bridgehead atoms. The third kappa shape index (κ3) is 4.21. The molecule has 0 saturated carbocycles. The lowest BCUT2D eigenvalue weighted by atomic mass is 9.82. The maximum absolute atomic E-state index is 11.2. The number of non-ortho nitro benzene ring substituents is 2. The van der Waals surface area contributed by atoms with Gasteiger partial charge in [0.05, 0.1) is 22.1 Å². The minimum Gasteiger partial charge on any atom is -0.366 e. The molecule has 1 heterocycles. The van der Waals surface area contributed by atoms with Crippen molar-refractivity contribution < 1.29 is 14.6 Å². The van der Waals surface area contributed by atoms with E-state index in [1.807, 2.05) is 30.3 Å². The van der Waals surface area contributed by atoms with Crippen molar-refractivity contribution in [3.05, 3.63) is 116 Å². The first-order chi connectivity index (χ1) is 14.5. The third-order valence-electron chi connectivity index (χ3n) is 5.50. The zero-order chi connectivity index (χ0) is 21.1. The topological polar surface area (TPSA) is 95.5 Å². The number of hydrogen-bond acceptors (Lipinski definition) is 5. The van der Waals surface area contributed by atoms with E-state index >= 15 is 0 Å². The maximum atomic E-state index is 11.2. The second kappa shape index (κ2) is 8.42. The van der Waals surface area contributed by atoms with Crippen LogP contribution in [0.15, 0.2) is 78.9 Å². The Bertz CT molecular complexity index is 1000. The highest BCUT2D eigenvalue weighted by atomic mass is 16.6. The highest BCUT2D eigenvalue weighted by Gasteiger charge is 2.33. The van der Waals surface area contributed by atoms with Gasteiger partial charge in [-0.3, -0.25) is 20.2 Å². The van der Waals surface area contributed by atoms with Crippen molar-refractivity contribution in [2.75, 3.05) is 0 Å². The van der Waals surface area contributed by atoms with Gasteiger partial charge < -0.3 is 4.74 Å². The Kier molecular flexibility index (Phi) is 5.54. The summed E-state index contributed by atoms with van der Waals surface area (Å²) in [5.41, 5.74) is 2.67. The zero-order valence-electron chi connectivity index (χ0n) is 16.1. The van der Waals surface area contributed by atoms with Gasteiger partial charge in [-0.05, 0) is 35.4 Å². The molecule has 0 amide bonds. The second-order valence-electron chi connectivity index (χ2n) is 7.40. The van der Waals surface area contributed by atoms with Gasteiger partial charge in [0.1, 0.15) is 0 Å². The fourth-order valence-corrected chi connectivity index (χ4v) is 4.03. The minimum absolute atomic E-state index is 0.0184. The Balaban J connectivity index is 1.70. The summed E-state index contributed by atoms with van der Waals surface area (Å²) in [4.78, 5) is 21.6. The van der Waals surface area contributed by atoms with Crippen molar-refractivity contribution in [3.63, 3.8) is 0 Å². The maximum Gasteiger partial charge on any atom is 0.269 e. The molecule has 7 heteroatoms. The van der Waals surface area contributed by atoms with Gasteiger partial charge in [-0.1, -0.05) is 54.6 Å². The molecule has 1 aliphatic rings. The number of benzene rings is 3. The van der Waals surface area contributed by atoms with Crippen LogP contribution in [-0.2, 0) is 4.74 Å². The lowest BCUT2D eigenvalue weighted by Crippen LogP contribution is -2.22. The first kappa shape index (κ1) is 19.7. The highest BCUT2D eigenvalue weighted by molar-refractivity contribution is 5.38. The van der Waals surface area contributed by atoms with Crippen molar-refractivity contribution in [1.82, 2.24) is 0 Å². The molecule has 7 nitrogen and oxygen atoms in total. The molecule has 30 heavy (non-hydrogen) atoms. The van der Waals surface area contributed by atoms with Crippen molar-refractivity contribution in [2.24, 2.45) is 0 Å². The predicted octanol–water partition coefficient (Wildman–Crippen LogP) is 5.88. The van der Waals surface area contributed by atoms with Crippen molar-refractivity contribution >= 4 is 11.4 Å². The summed E-state index contributed by atoms with van der Waals surface area (Å²) in [5.74, 6) is 0.161. The molecule has 1 saturated heterocycles. The van der Waals surface area contributed by atoms with Gasteiger partial charge in [0.2, 0.25) is 0 Å². The van der Waals surface area contributed by atoms with Crippen LogP contribution in [-0.4, -0.2) is 9.85 Å². The quantitative estimate of drug-likeness (QED) is 0.391. The Morgan fingerprint density at radius 2 is 1.13 bits per heavy atom. The van der Waals surface area contributed by atoms with Crippen LogP contribution in [0.5, 0.6) is 0 Å². The van der Waals surface area contributed by atoms with Gasteiger partial charge >= 0.3 is 0 Å². The summed E-state index contributed by atoms with van der Waals surface area (Å²) < 4.78 is 6.33. The molecular weight excluding hydrogens is 384 g/mol. The lowest BCUT2D eigenvalue weighted by Gasteiger charge is -2.36. The minimum atomic E-state index is -0.418. The van der Waals surface area contributed by atoms with E-state index in [4.69, 9.17) is 4.74 Å². The van der Waals surface area contributed by atoms with Crippen LogP contribution in [0, 0.1) is 20.2 Å². The predicted molar refractivity (Wildman–Crippen MR) is 111 cm³/mol. The Morgan fingerprint density at radius 1 is 0.667 bits per heavy atom. The van der Waals surface area contributed by atoms with E-state index in [1.54, 1.807) is 24.3 Å². The molecule has 3 aromatic carbocycles. The third-order valence-corrected chi connectivity index (χ3v) is 5.50. The van der Waals surface area contributed by atoms with E-state index in [9.17, 15) is 20.2 Å². The average molecular weight is 404 g/mol. The van der Waals surface area contributed by atoms with E-state index < -0.39 is 9.85 Å². The fraction of sp³-hybridized carbons (Fsp3) is 0.217. The highest BCUT2D eigenvalue weighted by Crippen LogP contribution is 2.46. The van der Waals surface area contributed by atoms with E-state index in [0.29, 0.717) is 12.8 Å². The van der Waals surface area contributed by atoms with Gasteiger partial charge in [0, 0.05) is 24.3 Å². The second-order valence-corrected chi connectivity index (χ2v) is 7.40. The van der Waals surface area contributed by atoms with Crippen molar-refractivity contribution in [1.29, 1.82) is 0 Å². The van der Waals surface area contributed by atoms with Gasteiger partial charge in [-0.25, -0.2) is 0 Å². The molecule has 3 aromatic rings. The number of ether oxygens (including phenoxy) is 1. The van der Waals surface area contributed by atoms with Crippen LogP contribution in [0.4, 0.5) is 11.4 Å². The zero-order valence-corrected chi connectivity index (χ0v) is 16.1. The lowest BCUT2D eigenvalue weighted by molar-refractivity contribution is -0.385. The number of nitrogens with zero attached hydrogens (tertiary/aromatic N) is 2. The number of hydrogen-bond donors (Lipinski definition) is 0. The van der Waals surface area contributed by atoms with Crippen LogP contribution in [0.3, 0.4) is 0 Å². The van der Waals surface area contributed by atoms with Crippen molar-refractivity contribution in [2.45, 2.75) is 31.0 Å². The van der Waals surface area contributed by atoms with E-state index in [-0.39, 0.29) is 29.5 Å². The Labute approximate surface area is 173 Å². The first-order valence-corrected chi connectivity index (χ1v) is 9.70. The Morgan fingerprint density at radius 3 is 1.60 bits per heavy atom. The summed E-state index contributed by atoms with van der Waals surface area (Å²) in [5, 5.41) is 22.4. The molecule has 152 valence electrons. The van der Waals surface area contributed by atoms with Crippen LogP contribution in [0.1, 0.15) is 47.7 Å². The summed E-state index contributed by atoms with van der Waals surface area (Å²) >= 11 is 0. The molecule has 1 unspecified atom stereocenters. The molecule has 0 radical (unpaired) electrons. The van der Waals surface area contributed by atoms with Crippen molar-refractivity contribution in [3.8, 4) is 0 Å². The number of rotatable bonds is 5. The summed E-state index contributed by atoms with van der Waals surface area (Å²) in [6.45, 7) is 0. The van der Waals surface area contributed by atoms with Gasteiger partial charge in [-0.15, -0.1) is 0 Å². The molecule has 1 fully saturated rings. The Hall–Kier alpha value is -3.58. The van der Waals surface area contributed by atoms with Crippen LogP contribution >= 0.6 is 0 Å². The number of nitro groups is 2. The molecule has 0 aromatic heterocycles. The summed E-state index contributed by atoms with van der Waals surface area (Å²) in [6, 6.07) is 23.0. The fourth-order valence-electron chi connectivity index (χ4n) is 4.03. The summed E-state index contributed by atoms with van der Waals surface area (Å²) in [7, 11) is 0. The molecule has 0 spiro atoms. The number of nitro benzene ring substituents is 2. The largest absolute Gasteiger partial charge is 0.366 e.